The van der Waals surface area contributed by atoms with Crippen LogP contribution in [0.1, 0.15) is 31.6 Å². The minimum Gasteiger partial charge on any atom is -0.327 e. The fourth-order valence-electron chi connectivity index (χ4n) is 2.33. The van der Waals surface area contributed by atoms with Crippen LogP contribution in [0, 0.1) is 0 Å². The van der Waals surface area contributed by atoms with Crippen LogP contribution in [0.2, 0.25) is 5.02 Å². The number of imidazole rings is 1. The van der Waals surface area contributed by atoms with Crippen LogP contribution < -0.4 is 5.73 Å². The third kappa shape index (κ3) is 3.96. The minimum absolute atomic E-state index is 0.0598. The smallest absolute Gasteiger partial charge is 0.147 e. The lowest BCUT2D eigenvalue weighted by atomic mass is 10.2. The molecule has 116 valence electrons. The zero-order valence-corrected chi connectivity index (χ0v) is 13.8. The number of nitrogens with two attached hydrogens (primary N) is 1. The molecule has 0 bridgehead atoms. The second-order valence-corrected chi connectivity index (χ2v) is 7.98. The molecule has 7 heteroatoms. The summed E-state index contributed by atoms with van der Waals surface area (Å²) >= 11 is 6.05. The van der Waals surface area contributed by atoms with Crippen LogP contribution >= 0.6 is 11.6 Å². The van der Waals surface area contributed by atoms with Gasteiger partial charge in [-0.3, -0.25) is 0 Å². The number of nitrogens with zero attached hydrogens (tertiary/aromatic N) is 2. The lowest BCUT2D eigenvalue weighted by molar-refractivity contribution is 0.563. The standard InChI is InChI=1S/C14H20ClN3O2S/c1-3-7-18-13-9-10(15)4-5-12(13)17-14(18)11(16)6-8-21(2,19)20/h4-5,9,11H,3,6-8,16H2,1-2H3. The molecule has 0 saturated carbocycles. The Balaban J connectivity index is 2.39. The van der Waals surface area contributed by atoms with Gasteiger partial charge in [-0.15, -0.1) is 0 Å². The highest BCUT2D eigenvalue weighted by Gasteiger charge is 2.18. The monoisotopic (exact) mass is 329 g/mol. The molecular weight excluding hydrogens is 310 g/mol. The van der Waals surface area contributed by atoms with Crippen molar-refractivity contribution in [2.24, 2.45) is 5.73 Å². The van der Waals surface area contributed by atoms with Crippen LogP contribution in [0.15, 0.2) is 18.2 Å². The predicted octanol–water partition coefficient (Wildman–Crippen LogP) is 2.53. The van der Waals surface area contributed by atoms with Crippen LogP contribution in [0.5, 0.6) is 0 Å². The van der Waals surface area contributed by atoms with Gasteiger partial charge in [-0.25, -0.2) is 13.4 Å². The second kappa shape index (κ2) is 6.34. The van der Waals surface area contributed by atoms with Crippen LogP contribution in [-0.2, 0) is 16.4 Å². The van der Waals surface area contributed by atoms with E-state index in [0.717, 1.165) is 29.8 Å². The normalized spacial score (nSPS) is 13.7. The first-order valence-electron chi connectivity index (χ1n) is 6.91. The number of fused-ring (bicyclic) bond motifs is 1. The predicted molar refractivity (Wildman–Crippen MR) is 86.3 cm³/mol. The van der Waals surface area contributed by atoms with Crippen molar-refractivity contribution in [2.45, 2.75) is 32.4 Å². The summed E-state index contributed by atoms with van der Waals surface area (Å²) in [6.07, 6.45) is 2.51. The average Bonchev–Trinajstić information content (AvgIpc) is 2.74. The number of halogens is 1. The number of sulfone groups is 1. The first kappa shape index (κ1) is 16.3. The molecule has 1 aromatic heterocycles. The largest absolute Gasteiger partial charge is 0.327 e. The van der Waals surface area contributed by atoms with Gasteiger partial charge in [0.1, 0.15) is 15.7 Å². The van der Waals surface area contributed by atoms with E-state index in [-0.39, 0.29) is 5.75 Å². The molecule has 0 saturated heterocycles. The zero-order chi connectivity index (χ0) is 15.6. The van der Waals surface area contributed by atoms with Crippen molar-refractivity contribution in [3.8, 4) is 0 Å². The quantitative estimate of drug-likeness (QED) is 0.883. The number of hydrogen-bond acceptors (Lipinski definition) is 4. The number of hydrogen-bond donors (Lipinski definition) is 1. The Bertz CT molecular complexity index is 740. The SMILES string of the molecule is CCCn1c(C(N)CCS(C)(=O)=O)nc2ccc(Cl)cc21. The van der Waals surface area contributed by atoms with Gasteiger partial charge in [-0.2, -0.15) is 0 Å². The molecule has 21 heavy (non-hydrogen) atoms. The molecular formula is C14H20ClN3O2S. The topological polar surface area (TPSA) is 78.0 Å². The molecule has 0 aliphatic carbocycles. The first-order chi connectivity index (χ1) is 9.81. The van der Waals surface area contributed by atoms with Crippen molar-refractivity contribution in [1.82, 2.24) is 9.55 Å². The van der Waals surface area contributed by atoms with Gasteiger partial charge in [-0.05, 0) is 31.0 Å². The van der Waals surface area contributed by atoms with E-state index in [0.29, 0.717) is 11.4 Å². The number of rotatable bonds is 6. The average molecular weight is 330 g/mol. The number of aryl methyl sites for hydroxylation is 1. The van der Waals surface area contributed by atoms with Crippen LogP contribution in [0.4, 0.5) is 0 Å². The summed E-state index contributed by atoms with van der Waals surface area (Å²) in [6.45, 7) is 2.85. The summed E-state index contributed by atoms with van der Waals surface area (Å²) in [4.78, 5) is 4.56. The Kier molecular flexibility index (Phi) is 4.91. The van der Waals surface area contributed by atoms with Gasteiger partial charge in [0.2, 0.25) is 0 Å². The zero-order valence-electron chi connectivity index (χ0n) is 12.2. The van der Waals surface area contributed by atoms with E-state index in [1.807, 2.05) is 16.7 Å². The molecule has 0 fully saturated rings. The van der Waals surface area contributed by atoms with Crippen molar-refractivity contribution in [1.29, 1.82) is 0 Å². The van der Waals surface area contributed by atoms with Crippen molar-refractivity contribution >= 4 is 32.5 Å². The molecule has 2 N–H and O–H groups in total. The third-order valence-electron chi connectivity index (χ3n) is 3.32. The van der Waals surface area contributed by atoms with E-state index < -0.39 is 15.9 Å². The van der Waals surface area contributed by atoms with Crippen molar-refractivity contribution in [2.75, 3.05) is 12.0 Å². The Morgan fingerprint density at radius 2 is 2.14 bits per heavy atom. The van der Waals surface area contributed by atoms with E-state index in [2.05, 4.69) is 11.9 Å². The summed E-state index contributed by atoms with van der Waals surface area (Å²) in [6, 6.07) is 5.11. The van der Waals surface area contributed by atoms with Gasteiger partial charge < -0.3 is 10.3 Å². The molecule has 1 heterocycles. The van der Waals surface area contributed by atoms with E-state index >= 15 is 0 Å². The molecule has 5 nitrogen and oxygen atoms in total. The number of benzene rings is 1. The first-order valence-corrected chi connectivity index (χ1v) is 9.34. The fraction of sp³-hybridized carbons (Fsp3) is 0.500. The van der Waals surface area contributed by atoms with Gasteiger partial charge in [0.15, 0.2) is 0 Å². The maximum Gasteiger partial charge on any atom is 0.147 e. The Morgan fingerprint density at radius 1 is 1.43 bits per heavy atom. The van der Waals surface area contributed by atoms with E-state index in [4.69, 9.17) is 17.3 Å². The summed E-state index contributed by atoms with van der Waals surface area (Å²) in [5, 5.41) is 0.649. The van der Waals surface area contributed by atoms with Gasteiger partial charge in [0, 0.05) is 17.8 Å². The molecule has 0 spiro atoms. The van der Waals surface area contributed by atoms with E-state index in [9.17, 15) is 8.42 Å². The molecule has 1 unspecified atom stereocenters. The van der Waals surface area contributed by atoms with Crippen molar-refractivity contribution in [3.05, 3.63) is 29.0 Å². The van der Waals surface area contributed by atoms with Crippen LogP contribution in [0.25, 0.3) is 11.0 Å². The van der Waals surface area contributed by atoms with E-state index in [1.54, 1.807) is 6.07 Å². The second-order valence-electron chi connectivity index (χ2n) is 5.28. The maximum atomic E-state index is 11.3. The highest BCUT2D eigenvalue weighted by atomic mass is 35.5. The molecule has 0 amide bonds. The number of aromatic nitrogens is 2. The Labute approximate surface area is 130 Å². The molecule has 1 atom stereocenters. The Morgan fingerprint density at radius 3 is 2.76 bits per heavy atom. The highest BCUT2D eigenvalue weighted by Crippen LogP contribution is 2.25. The molecule has 0 radical (unpaired) electrons. The van der Waals surface area contributed by atoms with Gasteiger partial charge in [0.25, 0.3) is 0 Å². The summed E-state index contributed by atoms with van der Waals surface area (Å²) in [5.41, 5.74) is 7.92. The maximum absolute atomic E-state index is 11.3. The van der Waals surface area contributed by atoms with Gasteiger partial charge in [-0.1, -0.05) is 18.5 Å². The van der Waals surface area contributed by atoms with Crippen LogP contribution in [-0.4, -0.2) is 30.0 Å². The van der Waals surface area contributed by atoms with Crippen molar-refractivity contribution in [3.63, 3.8) is 0 Å². The minimum atomic E-state index is -3.03. The fourth-order valence-corrected chi connectivity index (χ4v) is 3.17. The van der Waals surface area contributed by atoms with Crippen LogP contribution in [0.3, 0.4) is 0 Å². The molecule has 2 aromatic rings. The van der Waals surface area contributed by atoms with Gasteiger partial charge in [0.05, 0.1) is 22.8 Å². The lowest BCUT2D eigenvalue weighted by Crippen LogP contribution is -2.20. The molecule has 2 rings (SSSR count). The Hall–Kier alpha value is -1.11. The van der Waals surface area contributed by atoms with Crippen molar-refractivity contribution < 1.29 is 8.42 Å². The molecule has 0 aliphatic rings. The molecule has 0 aliphatic heterocycles. The summed E-state index contributed by atoms with van der Waals surface area (Å²) in [5.74, 6) is 0.780. The van der Waals surface area contributed by atoms with Gasteiger partial charge >= 0.3 is 0 Å². The highest BCUT2D eigenvalue weighted by molar-refractivity contribution is 7.90. The summed E-state index contributed by atoms with van der Waals surface area (Å²) < 4.78 is 24.6. The van der Waals surface area contributed by atoms with E-state index in [1.165, 1.54) is 6.26 Å². The molecule has 1 aromatic carbocycles. The third-order valence-corrected chi connectivity index (χ3v) is 4.53. The lowest BCUT2D eigenvalue weighted by Gasteiger charge is -2.13. The summed E-state index contributed by atoms with van der Waals surface area (Å²) in [7, 11) is -3.03.